The molecule has 0 N–H and O–H groups in total. The number of halogens is 1. The molecule has 1 aliphatic heterocycles. The van der Waals surface area contributed by atoms with Crippen LogP contribution in [0.5, 0.6) is 0 Å². The highest BCUT2D eigenvalue weighted by atomic mass is 79.9. The summed E-state index contributed by atoms with van der Waals surface area (Å²) in [7, 11) is 0. The van der Waals surface area contributed by atoms with Gasteiger partial charge in [-0.1, -0.05) is 6.07 Å². The van der Waals surface area contributed by atoms with Gasteiger partial charge in [0.2, 0.25) is 5.91 Å². The quantitative estimate of drug-likeness (QED) is 0.648. The summed E-state index contributed by atoms with van der Waals surface area (Å²) >= 11 is 3.48. The molecule has 5 heteroatoms. The molecule has 4 nitrogen and oxygen atoms in total. The van der Waals surface area contributed by atoms with Crippen LogP contribution in [0, 0.1) is 0 Å². The molecule has 23 heavy (non-hydrogen) atoms. The summed E-state index contributed by atoms with van der Waals surface area (Å²) in [5.41, 5.74) is 5.19. The van der Waals surface area contributed by atoms with Crippen LogP contribution in [0.15, 0.2) is 47.2 Å². The van der Waals surface area contributed by atoms with Crippen molar-refractivity contribution in [1.82, 2.24) is 9.38 Å². The maximum Gasteiger partial charge on any atom is 0.224 e. The van der Waals surface area contributed by atoms with Gasteiger partial charge in [-0.15, -0.1) is 0 Å². The maximum atomic E-state index is 11.8. The summed E-state index contributed by atoms with van der Waals surface area (Å²) in [6, 6.07) is 10.4. The molecular weight excluding hydrogens is 354 g/mol. The van der Waals surface area contributed by atoms with Gasteiger partial charge in [0.05, 0.1) is 5.69 Å². The third-order valence-electron chi connectivity index (χ3n) is 4.35. The van der Waals surface area contributed by atoms with Crippen LogP contribution in [0.3, 0.4) is 0 Å². The van der Waals surface area contributed by atoms with Crippen molar-refractivity contribution in [3.8, 4) is 11.3 Å². The van der Waals surface area contributed by atoms with Crippen LogP contribution >= 0.6 is 15.9 Å². The van der Waals surface area contributed by atoms with Crippen molar-refractivity contribution in [3.05, 3.63) is 52.8 Å². The molecule has 0 aliphatic carbocycles. The summed E-state index contributed by atoms with van der Waals surface area (Å²) in [6.45, 7) is 3.71. The predicted molar refractivity (Wildman–Crippen MR) is 94.7 cm³/mol. The first-order chi connectivity index (χ1) is 11.0. The smallest absolute Gasteiger partial charge is 0.224 e. The largest absolute Gasteiger partial charge is 0.309 e. The number of carbonyl (C=O) groups is 1. The van der Waals surface area contributed by atoms with Gasteiger partial charge in [-0.25, -0.2) is 4.98 Å². The number of imidazole rings is 1. The number of hydrogen-bond acceptors (Lipinski definition) is 2. The SMILES string of the molecule is CC(=O)N1c2ccc(-c3cn4cc(Br)ccc4n3)cc2CC1C. The average molecular weight is 370 g/mol. The molecule has 0 fully saturated rings. The number of hydrogen-bond donors (Lipinski definition) is 0. The number of aromatic nitrogens is 2. The Bertz CT molecular complexity index is 931. The molecular formula is C18H16BrN3O. The van der Waals surface area contributed by atoms with Crippen LogP contribution in [0.25, 0.3) is 16.9 Å². The highest BCUT2D eigenvalue weighted by Crippen LogP contribution is 2.35. The van der Waals surface area contributed by atoms with E-state index in [-0.39, 0.29) is 11.9 Å². The molecule has 1 aliphatic rings. The molecule has 0 radical (unpaired) electrons. The second-order valence-electron chi connectivity index (χ2n) is 6.02. The normalized spacial score (nSPS) is 16.8. The molecule has 1 atom stereocenters. The van der Waals surface area contributed by atoms with Crippen molar-refractivity contribution in [3.63, 3.8) is 0 Å². The van der Waals surface area contributed by atoms with Gasteiger partial charge in [-0.05, 0) is 59.1 Å². The van der Waals surface area contributed by atoms with E-state index in [1.165, 1.54) is 5.56 Å². The van der Waals surface area contributed by atoms with Gasteiger partial charge in [-0.3, -0.25) is 4.79 Å². The fourth-order valence-corrected chi connectivity index (χ4v) is 3.73. The number of fused-ring (bicyclic) bond motifs is 2. The summed E-state index contributed by atoms with van der Waals surface area (Å²) in [6.07, 6.45) is 4.92. The van der Waals surface area contributed by atoms with E-state index in [9.17, 15) is 4.79 Å². The van der Waals surface area contributed by atoms with Gasteiger partial charge < -0.3 is 9.30 Å². The zero-order valence-electron chi connectivity index (χ0n) is 13.0. The van der Waals surface area contributed by atoms with E-state index >= 15 is 0 Å². The number of amides is 1. The topological polar surface area (TPSA) is 37.6 Å². The van der Waals surface area contributed by atoms with Crippen LogP contribution in [0.1, 0.15) is 19.4 Å². The van der Waals surface area contributed by atoms with E-state index in [0.29, 0.717) is 0 Å². The molecule has 3 aromatic rings. The fourth-order valence-electron chi connectivity index (χ4n) is 3.37. The Morgan fingerprint density at radius 1 is 1.26 bits per heavy atom. The standard InChI is InChI=1S/C18H16BrN3O/c1-11-7-14-8-13(3-5-17(14)22(11)12(2)23)16-10-21-9-15(19)4-6-18(21)20-16/h3-6,8-11H,7H2,1-2H3. The second-order valence-corrected chi connectivity index (χ2v) is 6.94. The number of anilines is 1. The van der Waals surface area contributed by atoms with Crippen LogP contribution < -0.4 is 4.90 Å². The lowest BCUT2D eigenvalue weighted by Crippen LogP contribution is -2.33. The number of nitrogens with zero attached hydrogens (tertiary/aromatic N) is 3. The zero-order chi connectivity index (χ0) is 16.1. The molecule has 0 spiro atoms. The van der Waals surface area contributed by atoms with Gasteiger partial charge >= 0.3 is 0 Å². The highest BCUT2D eigenvalue weighted by Gasteiger charge is 2.29. The van der Waals surface area contributed by atoms with Crippen molar-refractivity contribution < 1.29 is 4.79 Å². The molecule has 2 aromatic heterocycles. The van der Waals surface area contributed by atoms with Gasteiger partial charge in [0.15, 0.2) is 0 Å². The van der Waals surface area contributed by atoms with Crippen LogP contribution in [-0.4, -0.2) is 21.3 Å². The Labute approximate surface area is 142 Å². The third-order valence-corrected chi connectivity index (χ3v) is 4.81. The van der Waals surface area contributed by atoms with E-state index in [1.807, 2.05) is 46.0 Å². The van der Waals surface area contributed by atoms with E-state index in [2.05, 4.69) is 33.9 Å². The molecule has 0 saturated heterocycles. The van der Waals surface area contributed by atoms with E-state index < -0.39 is 0 Å². The van der Waals surface area contributed by atoms with Crippen molar-refractivity contribution in [1.29, 1.82) is 0 Å². The van der Waals surface area contributed by atoms with Gasteiger partial charge in [0.25, 0.3) is 0 Å². The molecule has 1 aromatic carbocycles. The lowest BCUT2D eigenvalue weighted by atomic mass is 10.1. The van der Waals surface area contributed by atoms with Crippen LogP contribution in [0.2, 0.25) is 0 Å². The summed E-state index contributed by atoms with van der Waals surface area (Å²) in [5.74, 6) is 0.0987. The molecule has 1 unspecified atom stereocenters. The number of pyridine rings is 1. The average Bonchev–Trinajstić information content (AvgIpc) is 3.05. The molecule has 4 rings (SSSR count). The van der Waals surface area contributed by atoms with E-state index in [4.69, 9.17) is 0 Å². The summed E-state index contributed by atoms with van der Waals surface area (Å²) in [4.78, 5) is 18.4. The Morgan fingerprint density at radius 3 is 2.87 bits per heavy atom. The molecule has 0 saturated carbocycles. The Morgan fingerprint density at radius 2 is 2.09 bits per heavy atom. The Hall–Kier alpha value is -2.14. The minimum Gasteiger partial charge on any atom is -0.309 e. The van der Waals surface area contributed by atoms with Gasteiger partial charge in [0.1, 0.15) is 5.65 Å². The van der Waals surface area contributed by atoms with Crippen molar-refractivity contribution in [2.75, 3.05) is 4.90 Å². The lowest BCUT2D eigenvalue weighted by Gasteiger charge is -2.20. The summed E-state index contributed by atoms with van der Waals surface area (Å²) in [5, 5.41) is 0. The van der Waals surface area contributed by atoms with Crippen molar-refractivity contribution in [2.45, 2.75) is 26.3 Å². The number of rotatable bonds is 1. The Kier molecular flexibility index (Phi) is 3.27. The molecule has 0 bridgehead atoms. The number of carbonyl (C=O) groups excluding carboxylic acids is 1. The van der Waals surface area contributed by atoms with Gasteiger partial charge in [-0.2, -0.15) is 0 Å². The molecule has 116 valence electrons. The third kappa shape index (κ3) is 2.36. The first-order valence-electron chi connectivity index (χ1n) is 7.60. The predicted octanol–water partition coefficient (Wildman–Crippen LogP) is 4.06. The lowest BCUT2D eigenvalue weighted by molar-refractivity contribution is -0.116. The van der Waals surface area contributed by atoms with E-state index in [0.717, 1.165) is 33.5 Å². The fraction of sp³-hybridized carbons (Fsp3) is 0.222. The monoisotopic (exact) mass is 369 g/mol. The molecule has 3 heterocycles. The van der Waals surface area contributed by atoms with Gasteiger partial charge in [0, 0.05) is 41.1 Å². The first-order valence-corrected chi connectivity index (χ1v) is 8.39. The minimum atomic E-state index is 0.0987. The van der Waals surface area contributed by atoms with E-state index in [1.54, 1.807) is 6.92 Å². The van der Waals surface area contributed by atoms with Crippen LogP contribution in [0.4, 0.5) is 5.69 Å². The minimum absolute atomic E-state index is 0.0987. The molecule has 1 amide bonds. The zero-order valence-corrected chi connectivity index (χ0v) is 14.5. The maximum absolute atomic E-state index is 11.8. The Balaban J connectivity index is 1.78. The first kappa shape index (κ1) is 14.5. The van der Waals surface area contributed by atoms with Crippen LogP contribution in [-0.2, 0) is 11.2 Å². The number of benzene rings is 1. The van der Waals surface area contributed by atoms with Crippen molar-refractivity contribution in [2.24, 2.45) is 0 Å². The second kappa shape index (κ2) is 5.20. The highest BCUT2D eigenvalue weighted by molar-refractivity contribution is 9.10. The summed E-state index contributed by atoms with van der Waals surface area (Å²) < 4.78 is 3.03. The van der Waals surface area contributed by atoms with Crippen molar-refractivity contribution >= 4 is 33.2 Å².